The number of rotatable bonds is 3. The van der Waals surface area contributed by atoms with E-state index in [1.54, 1.807) is 7.11 Å². The van der Waals surface area contributed by atoms with Gasteiger partial charge < -0.3 is 10.5 Å². The third-order valence-electron chi connectivity index (χ3n) is 2.15. The normalized spacial score (nSPS) is 9.50. The predicted molar refractivity (Wildman–Crippen MR) is 56.1 cm³/mol. The fourth-order valence-electron chi connectivity index (χ4n) is 1.35. The first-order valence-corrected chi connectivity index (χ1v) is 4.49. The van der Waals surface area contributed by atoms with Gasteiger partial charge in [-0.25, -0.2) is 0 Å². The number of anilines is 1. The molecule has 3 heteroatoms. The van der Waals surface area contributed by atoms with Gasteiger partial charge in [0, 0.05) is 6.42 Å². The molecule has 0 atom stereocenters. The molecule has 1 aromatic carbocycles. The van der Waals surface area contributed by atoms with Crippen molar-refractivity contribution < 1.29 is 4.74 Å². The zero-order valence-electron chi connectivity index (χ0n) is 8.50. The number of benzene rings is 1. The molecular weight excluding hydrogens is 176 g/mol. The highest BCUT2D eigenvalue weighted by Gasteiger charge is 2.04. The summed E-state index contributed by atoms with van der Waals surface area (Å²) < 4.78 is 5.14. The quantitative estimate of drug-likeness (QED) is 0.742. The monoisotopic (exact) mass is 190 g/mol. The van der Waals surface area contributed by atoms with Crippen LogP contribution in [-0.2, 0) is 6.42 Å². The van der Waals surface area contributed by atoms with Gasteiger partial charge in [0.15, 0.2) is 0 Å². The third-order valence-corrected chi connectivity index (χ3v) is 2.15. The van der Waals surface area contributed by atoms with Gasteiger partial charge in [-0.3, -0.25) is 0 Å². The minimum absolute atomic E-state index is 0.520. The molecule has 0 radical (unpaired) electrons. The second kappa shape index (κ2) is 4.52. The largest absolute Gasteiger partial charge is 0.495 e. The van der Waals surface area contributed by atoms with Crippen molar-refractivity contribution in [2.75, 3.05) is 12.8 Å². The molecule has 0 aromatic heterocycles. The fraction of sp³-hybridized carbons (Fsp3) is 0.364. The first-order chi connectivity index (χ1) is 6.69. The summed E-state index contributed by atoms with van der Waals surface area (Å²) in [5, 5.41) is 8.47. The Morgan fingerprint density at radius 2 is 2.21 bits per heavy atom. The minimum atomic E-state index is 0.520. The van der Waals surface area contributed by atoms with Gasteiger partial charge >= 0.3 is 0 Å². The van der Waals surface area contributed by atoms with Crippen molar-refractivity contribution in [2.24, 2.45) is 0 Å². The van der Waals surface area contributed by atoms with Crippen molar-refractivity contribution in [3.63, 3.8) is 0 Å². The molecule has 1 aromatic rings. The number of hydrogen-bond acceptors (Lipinski definition) is 3. The Morgan fingerprint density at radius 3 is 2.79 bits per heavy atom. The van der Waals surface area contributed by atoms with E-state index in [2.05, 4.69) is 6.07 Å². The van der Waals surface area contributed by atoms with Gasteiger partial charge in [0.1, 0.15) is 5.75 Å². The van der Waals surface area contributed by atoms with Gasteiger partial charge in [0.25, 0.3) is 0 Å². The van der Waals surface area contributed by atoms with E-state index < -0.39 is 0 Å². The Hall–Kier alpha value is -1.69. The number of methoxy groups -OCH3 is 1. The highest BCUT2D eigenvalue weighted by Crippen LogP contribution is 2.26. The average molecular weight is 190 g/mol. The SMILES string of the molecule is COc1cc(CCC#N)cc(C)c1N. The molecule has 0 saturated heterocycles. The lowest BCUT2D eigenvalue weighted by Crippen LogP contribution is -1.97. The van der Waals surface area contributed by atoms with Crippen LogP contribution in [0.5, 0.6) is 5.75 Å². The first kappa shape index (κ1) is 10.4. The maximum absolute atomic E-state index is 8.47. The Bertz CT molecular complexity index is 366. The number of ether oxygens (including phenoxy) is 1. The number of nitrogens with two attached hydrogens (primary N) is 1. The molecular formula is C11H14N2O. The molecule has 0 heterocycles. The highest BCUT2D eigenvalue weighted by atomic mass is 16.5. The van der Waals surface area contributed by atoms with Crippen LogP contribution < -0.4 is 10.5 Å². The summed E-state index contributed by atoms with van der Waals surface area (Å²) in [7, 11) is 1.60. The zero-order chi connectivity index (χ0) is 10.6. The maximum atomic E-state index is 8.47. The van der Waals surface area contributed by atoms with Crippen molar-refractivity contribution in [2.45, 2.75) is 19.8 Å². The highest BCUT2D eigenvalue weighted by molar-refractivity contribution is 5.59. The van der Waals surface area contributed by atoms with Gasteiger partial charge in [-0.05, 0) is 30.5 Å². The van der Waals surface area contributed by atoms with Crippen molar-refractivity contribution in [3.8, 4) is 11.8 Å². The van der Waals surface area contributed by atoms with E-state index in [1.165, 1.54) is 0 Å². The molecule has 3 nitrogen and oxygen atoms in total. The van der Waals surface area contributed by atoms with Crippen LogP contribution in [0.3, 0.4) is 0 Å². The summed E-state index contributed by atoms with van der Waals surface area (Å²) in [5.41, 5.74) is 8.57. The number of hydrogen-bond donors (Lipinski definition) is 1. The van der Waals surface area contributed by atoms with Crippen LogP contribution in [0.1, 0.15) is 17.5 Å². The average Bonchev–Trinajstić information content (AvgIpc) is 2.19. The van der Waals surface area contributed by atoms with E-state index >= 15 is 0 Å². The molecule has 14 heavy (non-hydrogen) atoms. The Balaban J connectivity index is 2.98. The molecule has 0 unspecified atom stereocenters. The second-order valence-electron chi connectivity index (χ2n) is 3.19. The van der Waals surface area contributed by atoms with Gasteiger partial charge in [-0.15, -0.1) is 0 Å². The van der Waals surface area contributed by atoms with E-state index in [1.807, 2.05) is 19.1 Å². The molecule has 0 aliphatic rings. The Morgan fingerprint density at radius 1 is 1.50 bits per heavy atom. The fourth-order valence-corrected chi connectivity index (χ4v) is 1.35. The second-order valence-corrected chi connectivity index (χ2v) is 3.19. The summed E-state index contributed by atoms with van der Waals surface area (Å²) >= 11 is 0. The molecule has 2 N–H and O–H groups in total. The standard InChI is InChI=1S/C11H14N2O/c1-8-6-9(4-3-5-12)7-10(14-2)11(8)13/h6-7H,3-4,13H2,1-2H3. The first-order valence-electron chi connectivity index (χ1n) is 4.49. The minimum Gasteiger partial charge on any atom is -0.495 e. The molecule has 0 aliphatic heterocycles. The van der Waals surface area contributed by atoms with Gasteiger partial charge in [0.05, 0.1) is 18.9 Å². The summed E-state index contributed by atoms with van der Waals surface area (Å²) in [6, 6.07) is 6.00. The molecule has 0 bridgehead atoms. The molecule has 0 spiro atoms. The topological polar surface area (TPSA) is 59.0 Å². The zero-order valence-corrected chi connectivity index (χ0v) is 8.50. The molecule has 1 rings (SSSR count). The smallest absolute Gasteiger partial charge is 0.142 e. The molecule has 0 aliphatic carbocycles. The number of nitrogens with zero attached hydrogens (tertiary/aromatic N) is 1. The van der Waals surface area contributed by atoms with E-state index in [0.29, 0.717) is 17.9 Å². The van der Waals surface area contributed by atoms with Gasteiger partial charge in [0.2, 0.25) is 0 Å². The summed E-state index contributed by atoms with van der Waals surface area (Å²) in [5.74, 6) is 0.693. The molecule has 0 saturated carbocycles. The number of nitrogen functional groups attached to an aromatic ring is 1. The van der Waals surface area contributed by atoms with Crippen LogP contribution in [0.2, 0.25) is 0 Å². The van der Waals surface area contributed by atoms with Crippen molar-refractivity contribution >= 4 is 5.69 Å². The van der Waals surface area contributed by atoms with Crippen LogP contribution in [0.15, 0.2) is 12.1 Å². The Kier molecular flexibility index (Phi) is 3.35. The summed E-state index contributed by atoms with van der Waals surface area (Å²) in [6.45, 7) is 1.94. The number of aryl methyl sites for hydroxylation is 2. The predicted octanol–water partition coefficient (Wildman–Crippen LogP) is 2.04. The lowest BCUT2D eigenvalue weighted by molar-refractivity contribution is 0.416. The van der Waals surface area contributed by atoms with Crippen molar-refractivity contribution in [1.82, 2.24) is 0 Å². The van der Waals surface area contributed by atoms with Crippen LogP contribution in [0.4, 0.5) is 5.69 Å². The maximum Gasteiger partial charge on any atom is 0.142 e. The van der Waals surface area contributed by atoms with Crippen LogP contribution in [0.25, 0.3) is 0 Å². The van der Waals surface area contributed by atoms with E-state index in [0.717, 1.165) is 17.5 Å². The van der Waals surface area contributed by atoms with Gasteiger partial charge in [-0.2, -0.15) is 5.26 Å². The molecule has 0 amide bonds. The number of nitriles is 1. The van der Waals surface area contributed by atoms with E-state index in [4.69, 9.17) is 15.7 Å². The lowest BCUT2D eigenvalue weighted by atomic mass is 10.1. The van der Waals surface area contributed by atoms with E-state index in [-0.39, 0.29) is 0 Å². The van der Waals surface area contributed by atoms with Crippen molar-refractivity contribution in [1.29, 1.82) is 5.26 Å². The van der Waals surface area contributed by atoms with Crippen LogP contribution in [0, 0.1) is 18.3 Å². The van der Waals surface area contributed by atoms with Crippen molar-refractivity contribution in [3.05, 3.63) is 23.3 Å². The van der Waals surface area contributed by atoms with Crippen LogP contribution in [-0.4, -0.2) is 7.11 Å². The summed E-state index contributed by atoms with van der Waals surface area (Å²) in [6.07, 6.45) is 1.26. The van der Waals surface area contributed by atoms with Crippen LogP contribution >= 0.6 is 0 Å². The van der Waals surface area contributed by atoms with Gasteiger partial charge in [-0.1, -0.05) is 6.07 Å². The molecule has 0 fully saturated rings. The Labute approximate surface area is 84.1 Å². The third kappa shape index (κ3) is 2.17. The lowest BCUT2D eigenvalue weighted by Gasteiger charge is -2.09. The molecule has 74 valence electrons. The summed E-state index contributed by atoms with van der Waals surface area (Å²) in [4.78, 5) is 0. The van der Waals surface area contributed by atoms with E-state index in [9.17, 15) is 0 Å².